The van der Waals surface area contributed by atoms with Gasteiger partial charge in [0.1, 0.15) is 6.54 Å². The number of carbonyl (C=O) groups is 3. The Balaban J connectivity index is 1.91. The van der Waals surface area contributed by atoms with Crippen LogP contribution in [0.15, 0.2) is 6.20 Å². The van der Waals surface area contributed by atoms with Gasteiger partial charge in [-0.1, -0.05) is 5.21 Å². The first-order chi connectivity index (χ1) is 9.95. The Morgan fingerprint density at radius 2 is 2.05 bits per heavy atom. The monoisotopic (exact) mass is 295 g/mol. The van der Waals surface area contributed by atoms with Gasteiger partial charge in [-0.05, 0) is 12.8 Å². The predicted molar refractivity (Wildman–Crippen MR) is 70.4 cm³/mol. The number of rotatable bonds is 4. The van der Waals surface area contributed by atoms with Crippen molar-refractivity contribution in [1.82, 2.24) is 25.2 Å². The maximum atomic E-state index is 12.2. The molecule has 9 heteroatoms. The van der Waals surface area contributed by atoms with Crippen molar-refractivity contribution in [1.29, 1.82) is 0 Å². The van der Waals surface area contributed by atoms with E-state index in [1.165, 1.54) is 13.1 Å². The first-order valence-corrected chi connectivity index (χ1v) is 6.64. The van der Waals surface area contributed by atoms with Crippen molar-refractivity contribution in [2.24, 2.45) is 0 Å². The van der Waals surface area contributed by atoms with E-state index in [-0.39, 0.29) is 30.1 Å². The van der Waals surface area contributed by atoms with Crippen molar-refractivity contribution in [3.8, 4) is 0 Å². The Kier molecular flexibility index (Phi) is 4.51. The molecular formula is C12H17N5O4. The summed E-state index contributed by atoms with van der Waals surface area (Å²) in [5.41, 5.74) is 0.134. The second-order valence-corrected chi connectivity index (χ2v) is 4.96. The van der Waals surface area contributed by atoms with Gasteiger partial charge < -0.3 is 15.3 Å². The van der Waals surface area contributed by atoms with Crippen LogP contribution in [-0.2, 0) is 16.1 Å². The number of carbonyl (C=O) groups excluding carboxylic acids is 2. The molecule has 2 heterocycles. The SMILES string of the molecule is CC(=O)NC1CCN(C(=O)c2cn(CC(=O)O)nn2)CC1. The summed E-state index contributed by atoms with van der Waals surface area (Å²) < 4.78 is 1.11. The fraction of sp³-hybridized carbons (Fsp3) is 0.583. The Morgan fingerprint density at radius 3 is 2.62 bits per heavy atom. The van der Waals surface area contributed by atoms with Crippen LogP contribution in [0.1, 0.15) is 30.3 Å². The van der Waals surface area contributed by atoms with E-state index < -0.39 is 5.97 Å². The number of aliphatic carboxylic acids is 1. The van der Waals surface area contributed by atoms with Crippen LogP contribution in [-0.4, -0.2) is 61.9 Å². The largest absolute Gasteiger partial charge is 0.480 e. The average Bonchev–Trinajstić information content (AvgIpc) is 2.85. The van der Waals surface area contributed by atoms with Crippen LogP contribution < -0.4 is 5.32 Å². The predicted octanol–water partition coefficient (Wildman–Crippen LogP) is -0.897. The lowest BCUT2D eigenvalue weighted by molar-refractivity contribution is -0.138. The van der Waals surface area contributed by atoms with Crippen LogP contribution in [0.5, 0.6) is 0 Å². The molecule has 114 valence electrons. The smallest absolute Gasteiger partial charge is 0.325 e. The molecule has 0 bridgehead atoms. The Bertz CT molecular complexity index is 548. The number of likely N-dealkylation sites (tertiary alicyclic amines) is 1. The van der Waals surface area contributed by atoms with E-state index in [2.05, 4.69) is 15.6 Å². The number of aromatic nitrogens is 3. The van der Waals surface area contributed by atoms with Crippen LogP contribution in [0, 0.1) is 0 Å². The zero-order valence-corrected chi connectivity index (χ0v) is 11.7. The van der Waals surface area contributed by atoms with Crippen LogP contribution in [0.2, 0.25) is 0 Å². The van der Waals surface area contributed by atoms with Gasteiger partial charge in [-0.25, -0.2) is 4.68 Å². The van der Waals surface area contributed by atoms with E-state index in [4.69, 9.17) is 5.11 Å². The van der Waals surface area contributed by atoms with Gasteiger partial charge in [-0.3, -0.25) is 14.4 Å². The van der Waals surface area contributed by atoms with Gasteiger partial charge in [0.15, 0.2) is 5.69 Å². The average molecular weight is 295 g/mol. The maximum Gasteiger partial charge on any atom is 0.325 e. The second kappa shape index (κ2) is 6.33. The molecule has 2 N–H and O–H groups in total. The fourth-order valence-corrected chi connectivity index (χ4v) is 2.29. The molecule has 0 aromatic carbocycles. The van der Waals surface area contributed by atoms with Gasteiger partial charge in [0.25, 0.3) is 5.91 Å². The summed E-state index contributed by atoms with van der Waals surface area (Å²) in [6.07, 6.45) is 2.71. The number of carboxylic acids is 1. The standard InChI is InChI=1S/C12H17N5O4/c1-8(18)13-9-2-4-16(5-3-9)12(21)10-6-17(15-14-10)7-11(19)20/h6,9H,2-5,7H2,1H3,(H,13,18)(H,19,20). The highest BCUT2D eigenvalue weighted by Gasteiger charge is 2.25. The lowest BCUT2D eigenvalue weighted by Crippen LogP contribution is -2.46. The highest BCUT2D eigenvalue weighted by Crippen LogP contribution is 2.13. The van der Waals surface area contributed by atoms with E-state index in [1.807, 2.05) is 0 Å². The topological polar surface area (TPSA) is 117 Å². The van der Waals surface area contributed by atoms with Crippen LogP contribution in [0.25, 0.3) is 0 Å². The minimum absolute atomic E-state index is 0.0728. The van der Waals surface area contributed by atoms with Gasteiger partial charge in [0, 0.05) is 26.1 Å². The Morgan fingerprint density at radius 1 is 1.38 bits per heavy atom. The summed E-state index contributed by atoms with van der Waals surface area (Å²) in [7, 11) is 0. The zero-order valence-electron chi connectivity index (χ0n) is 11.7. The van der Waals surface area contributed by atoms with Gasteiger partial charge in [-0.2, -0.15) is 0 Å². The molecular weight excluding hydrogens is 278 g/mol. The normalized spacial score (nSPS) is 15.8. The van der Waals surface area contributed by atoms with Gasteiger partial charge >= 0.3 is 5.97 Å². The minimum atomic E-state index is -1.05. The molecule has 21 heavy (non-hydrogen) atoms. The lowest BCUT2D eigenvalue weighted by atomic mass is 10.0. The third-order valence-corrected chi connectivity index (χ3v) is 3.24. The van der Waals surface area contributed by atoms with Crippen molar-refractivity contribution < 1.29 is 19.5 Å². The molecule has 0 spiro atoms. The summed E-state index contributed by atoms with van der Waals surface area (Å²) in [5, 5.41) is 18.8. The van der Waals surface area contributed by atoms with Crippen LogP contribution in [0.3, 0.4) is 0 Å². The van der Waals surface area contributed by atoms with E-state index in [9.17, 15) is 14.4 Å². The number of amides is 2. The highest BCUT2D eigenvalue weighted by atomic mass is 16.4. The van der Waals surface area contributed by atoms with Gasteiger partial charge in [0.2, 0.25) is 5.91 Å². The van der Waals surface area contributed by atoms with Gasteiger partial charge in [0.05, 0.1) is 6.20 Å². The second-order valence-electron chi connectivity index (χ2n) is 4.96. The maximum absolute atomic E-state index is 12.2. The summed E-state index contributed by atoms with van der Waals surface area (Å²) >= 11 is 0. The molecule has 0 saturated carbocycles. The molecule has 1 saturated heterocycles. The van der Waals surface area contributed by atoms with Crippen molar-refractivity contribution >= 4 is 17.8 Å². The molecule has 9 nitrogen and oxygen atoms in total. The first-order valence-electron chi connectivity index (χ1n) is 6.64. The summed E-state index contributed by atoms with van der Waals surface area (Å²) in [6, 6.07) is 0.0919. The summed E-state index contributed by atoms with van der Waals surface area (Å²) in [5.74, 6) is -1.39. The molecule has 2 rings (SSSR count). The highest BCUT2D eigenvalue weighted by molar-refractivity contribution is 5.92. The molecule has 1 aliphatic rings. The summed E-state index contributed by atoms with van der Waals surface area (Å²) in [4.78, 5) is 35.4. The molecule has 1 aromatic rings. The Labute approximate surface area is 120 Å². The van der Waals surface area contributed by atoms with E-state index in [0.717, 1.165) is 4.68 Å². The Hall–Kier alpha value is -2.45. The number of carboxylic acid groups (broad SMARTS) is 1. The molecule has 1 aromatic heterocycles. The quantitative estimate of drug-likeness (QED) is 0.743. The van der Waals surface area contributed by atoms with Crippen LogP contribution in [0.4, 0.5) is 0 Å². The number of nitrogens with zero attached hydrogens (tertiary/aromatic N) is 4. The molecule has 0 aliphatic carbocycles. The molecule has 2 amide bonds. The van der Waals surface area contributed by atoms with E-state index in [0.29, 0.717) is 25.9 Å². The fourth-order valence-electron chi connectivity index (χ4n) is 2.29. The zero-order chi connectivity index (χ0) is 15.4. The van der Waals surface area contributed by atoms with Crippen LogP contribution >= 0.6 is 0 Å². The molecule has 0 radical (unpaired) electrons. The van der Waals surface area contributed by atoms with Crippen molar-refractivity contribution in [2.75, 3.05) is 13.1 Å². The minimum Gasteiger partial charge on any atom is -0.480 e. The molecule has 0 unspecified atom stereocenters. The first kappa shape index (κ1) is 14.9. The van der Waals surface area contributed by atoms with Crippen molar-refractivity contribution in [3.05, 3.63) is 11.9 Å². The number of hydrogen-bond acceptors (Lipinski definition) is 5. The molecule has 1 fully saturated rings. The molecule has 1 aliphatic heterocycles. The van der Waals surface area contributed by atoms with E-state index in [1.54, 1.807) is 4.90 Å². The number of hydrogen-bond donors (Lipinski definition) is 2. The van der Waals surface area contributed by atoms with Gasteiger partial charge in [-0.15, -0.1) is 5.10 Å². The summed E-state index contributed by atoms with van der Waals surface area (Å²) in [6.45, 7) is 2.19. The lowest BCUT2D eigenvalue weighted by Gasteiger charge is -2.31. The van der Waals surface area contributed by atoms with E-state index >= 15 is 0 Å². The van der Waals surface area contributed by atoms with Crippen molar-refractivity contribution in [2.45, 2.75) is 32.4 Å². The number of piperidine rings is 1. The third kappa shape index (κ3) is 4.01. The van der Waals surface area contributed by atoms with Crippen molar-refractivity contribution in [3.63, 3.8) is 0 Å². The third-order valence-electron chi connectivity index (χ3n) is 3.24. The number of nitrogens with one attached hydrogen (secondary N) is 1. The molecule has 0 atom stereocenters.